The lowest BCUT2D eigenvalue weighted by atomic mass is 10.1. The minimum atomic E-state index is 0.996. The molecule has 1 aromatic heterocycles. The zero-order chi connectivity index (χ0) is 9.84. The first kappa shape index (κ1) is 9.99. The van der Waals surface area contributed by atoms with Crippen LogP contribution in [0.15, 0.2) is 12.3 Å². The van der Waals surface area contributed by atoms with Crippen molar-refractivity contribution in [3.63, 3.8) is 0 Å². The van der Waals surface area contributed by atoms with Crippen LogP contribution in [0.4, 0.5) is 5.69 Å². The Kier molecular flexibility index (Phi) is 3.25. The molecule has 0 saturated carbocycles. The van der Waals surface area contributed by atoms with E-state index in [0.717, 1.165) is 24.2 Å². The first-order valence-corrected chi connectivity index (χ1v) is 4.59. The highest BCUT2D eigenvalue weighted by Crippen LogP contribution is 2.21. The maximum atomic E-state index is 5.74. The predicted octanol–water partition coefficient (Wildman–Crippen LogP) is 1.65. The average Bonchev–Trinajstić information content (AvgIpc) is 2.04. The van der Waals surface area contributed by atoms with Gasteiger partial charge in [-0.15, -0.1) is 0 Å². The van der Waals surface area contributed by atoms with Gasteiger partial charge in [-0.05, 0) is 25.0 Å². The predicted molar refractivity (Wildman–Crippen MR) is 55.6 cm³/mol. The molecule has 72 valence electrons. The van der Waals surface area contributed by atoms with Crippen LogP contribution in [0.2, 0.25) is 0 Å². The van der Waals surface area contributed by atoms with E-state index in [-0.39, 0.29) is 0 Å². The van der Waals surface area contributed by atoms with Crippen LogP contribution in [0.1, 0.15) is 24.6 Å². The Balaban J connectivity index is 3.10. The summed E-state index contributed by atoms with van der Waals surface area (Å²) in [4.78, 5) is 4.22. The van der Waals surface area contributed by atoms with Crippen LogP contribution in [0.3, 0.4) is 0 Å². The van der Waals surface area contributed by atoms with Crippen molar-refractivity contribution in [2.24, 2.45) is 5.84 Å². The molecule has 1 aromatic rings. The van der Waals surface area contributed by atoms with Gasteiger partial charge in [-0.25, -0.2) is 5.84 Å². The van der Waals surface area contributed by atoms with E-state index in [9.17, 15) is 0 Å². The summed E-state index contributed by atoms with van der Waals surface area (Å²) < 4.78 is 0. The summed E-state index contributed by atoms with van der Waals surface area (Å²) in [6.45, 7) is 4.15. The third kappa shape index (κ3) is 2.18. The molecule has 0 bridgehead atoms. The van der Waals surface area contributed by atoms with E-state index in [1.165, 1.54) is 5.56 Å². The molecule has 0 radical (unpaired) electrons. The highest BCUT2D eigenvalue weighted by Gasteiger charge is 2.07. The summed E-state index contributed by atoms with van der Waals surface area (Å²) in [5.74, 6) is 5.74. The second-order valence-corrected chi connectivity index (χ2v) is 3.26. The number of nitrogens with zero attached hydrogens (tertiary/aromatic N) is 2. The number of hydrogen-bond donors (Lipinski definition) is 1. The standard InChI is InChI=1S/C10H17N3/c1-4-5-9-6-7-12-8(2)10(9)13(3)11/h6-7H,4-5,11H2,1-3H3. The smallest absolute Gasteiger partial charge is 0.0758 e. The molecule has 0 saturated heterocycles. The molecule has 3 heteroatoms. The Morgan fingerprint density at radius 2 is 2.23 bits per heavy atom. The Bertz CT molecular complexity index is 281. The van der Waals surface area contributed by atoms with Crippen molar-refractivity contribution < 1.29 is 0 Å². The molecule has 0 aromatic carbocycles. The van der Waals surface area contributed by atoms with Crippen molar-refractivity contribution in [2.75, 3.05) is 12.1 Å². The largest absolute Gasteiger partial charge is 0.312 e. The molecule has 0 aliphatic carbocycles. The van der Waals surface area contributed by atoms with Crippen molar-refractivity contribution >= 4 is 5.69 Å². The lowest BCUT2D eigenvalue weighted by Crippen LogP contribution is -2.27. The van der Waals surface area contributed by atoms with Crippen LogP contribution in [0, 0.1) is 6.92 Å². The quantitative estimate of drug-likeness (QED) is 0.566. The third-order valence-corrected chi connectivity index (χ3v) is 2.06. The molecule has 0 aliphatic rings. The average molecular weight is 179 g/mol. The molecule has 13 heavy (non-hydrogen) atoms. The van der Waals surface area contributed by atoms with Gasteiger partial charge >= 0.3 is 0 Å². The first-order valence-electron chi connectivity index (χ1n) is 4.59. The van der Waals surface area contributed by atoms with Gasteiger partial charge in [0.15, 0.2) is 0 Å². The zero-order valence-electron chi connectivity index (χ0n) is 8.54. The van der Waals surface area contributed by atoms with Gasteiger partial charge in [0.05, 0.1) is 11.4 Å². The second kappa shape index (κ2) is 4.23. The maximum Gasteiger partial charge on any atom is 0.0758 e. The van der Waals surface area contributed by atoms with E-state index in [0.29, 0.717) is 0 Å². The normalized spacial score (nSPS) is 10.2. The molecule has 0 unspecified atom stereocenters. The number of hydrogen-bond acceptors (Lipinski definition) is 3. The molecular formula is C10H17N3. The molecule has 3 nitrogen and oxygen atoms in total. The molecule has 2 N–H and O–H groups in total. The van der Waals surface area contributed by atoms with Gasteiger partial charge in [-0.3, -0.25) is 4.98 Å². The minimum absolute atomic E-state index is 0.996. The van der Waals surface area contributed by atoms with E-state index in [2.05, 4.69) is 11.9 Å². The van der Waals surface area contributed by atoms with E-state index >= 15 is 0 Å². The Hall–Kier alpha value is -1.09. The van der Waals surface area contributed by atoms with E-state index in [4.69, 9.17) is 5.84 Å². The van der Waals surface area contributed by atoms with Gasteiger partial charge in [0, 0.05) is 13.2 Å². The maximum absolute atomic E-state index is 5.74. The molecule has 1 rings (SSSR count). The van der Waals surface area contributed by atoms with Crippen molar-refractivity contribution in [3.05, 3.63) is 23.5 Å². The molecule has 0 amide bonds. The van der Waals surface area contributed by atoms with Gasteiger partial charge < -0.3 is 5.01 Å². The number of hydrazine groups is 1. The molecule has 1 heterocycles. The minimum Gasteiger partial charge on any atom is -0.312 e. The van der Waals surface area contributed by atoms with E-state index in [1.807, 2.05) is 26.2 Å². The summed E-state index contributed by atoms with van der Waals surface area (Å²) in [7, 11) is 1.85. The summed E-state index contributed by atoms with van der Waals surface area (Å²) in [6.07, 6.45) is 4.03. The number of pyridine rings is 1. The van der Waals surface area contributed by atoms with Crippen LogP contribution in [0.5, 0.6) is 0 Å². The van der Waals surface area contributed by atoms with Gasteiger partial charge in [-0.1, -0.05) is 13.3 Å². The third-order valence-electron chi connectivity index (χ3n) is 2.06. The summed E-state index contributed by atoms with van der Waals surface area (Å²) in [6, 6.07) is 2.04. The highest BCUT2D eigenvalue weighted by molar-refractivity contribution is 5.55. The van der Waals surface area contributed by atoms with Crippen molar-refractivity contribution in [2.45, 2.75) is 26.7 Å². The summed E-state index contributed by atoms with van der Waals surface area (Å²) >= 11 is 0. The van der Waals surface area contributed by atoms with Crippen LogP contribution >= 0.6 is 0 Å². The van der Waals surface area contributed by atoms with Crippen LogP contribution in [0.25, 0.3) is 0 Å². The molecule has 0 atom stereocenters. The van der Waals surface area contributed by atoms with Crippen molar-refractivity contribution in [3.8, 4) is 0 Å². The lowest BCUT2D eigenvalue weighted by Gasteiger charge is -2.18. The Morgan fingerprint density at radius 1 is 1.54 bits per heavy atom. The van der Waals surface area contributed by atoms with Gasteiger partial charge in [-0.2, -0.15) is 0 Å². The number of rotatable bonds is 3. The fourth-order valence-corrected chi connectivity index (χ4v) is 1.56. The van der Waals surface area contributed by atoms with Gasteiger partial charge in [0.25, 0.3) is 0 Å². The second-order valence-electron chi connectivity index (χ2n) is 3.26. The van der Waals surface area contributed by atoms with Crippen LogP contribution in [-0.2, 0) is 6.42 Å². The van der Waals surface area contributed by atoms with E-state index < -0.39 is 0 Å². The number of aromatic nitrogens is 1. The number of anilines is 1. The van der Waals surface area contributed by atoms with Crippen molar-refractivity contribution in [1.82, 2.24) is 4.98 Å². The SMILES string of the molecule is CCCc1ccnc(C)c1N(C)N. The molecule has 0 aliphatic heterocycles. The molecule has 0 spiro atoms. The molecular weight excluding hydrogens is 162 g/mol. The van der Waals surface area contributed by atoms with Crippen LogP contribution in [-0.4, -0.2) is 12.0 Å². The number of aryl methyl sites for hydroxylation is 2. The first-order chi connectivity index (χ1) is 6.16. The van der Waals surface area contributed by atoms with Gasteiger partial charge in [0.2, 0.25) is 0 Å². The van der Waals surface area contributed by atoms with Crippen molar-refractivity contribution in [1.29, 1.82) is 0 Å². The fraction of sp³-hybridized carbons (Fsp3) is 0.500. The summed E-state index contributed by atoms with van der Waals surface area (Å²) in [5, 5.41) is 1.65. The molecule has 0 fully saturated rings. The highest BCUT2D eigenvalue weighted by atomic mass is 15.4. The van der Waals surface area contributed by atoms with Crippen LogP contribution < -0.4 is 10.9 Å². The number of nitrogens with two attached hydrogens (primary N) is 1. The monoisotopic (exact) mass is 179 g/mol. The van der Waals surface area contributed by atoms with Gasteiger partial charge in [0.1, 0.15) is 0 Å². The topological polar surface area (TPSA) is 42.2 Å². The lowest BCUT2D eigenvalue weighted by molar-refractivity contribution is 0.888. The van der Waals surface area contributed by atoms with E-state index in [1.54, 1.807) is 5.01 Å². The zero-order valence-corrected chi connectivity index (χ0v) is 8.54. The summed E-state index contributed by atoms with van der Waals surface area (Å²) in [5.41, 5.74) is 3.33. The Labute approximate surface area is 79.5 Å². The Morgan fingerprint density at radius 3 is 2.77 bits per heavy atom. The fourth-order valence-electron chi connectivity index (χ4n) is 1.56.